The van der Waals surface area contributed by atoms with E-state index in [2.05, 4.69) is 4.57 Å². The van der Waals surface area contributed by atoms with Crippen LogP contribution in [-0.4, -0.2) is 17.8 Å². The van der Waals surface area contributed by atoms with Gasteiger partial charge in [-0.1, -0.05) is 23.2 Å². The van der Waals surface area contributed by atoms with Crippen molar-refractivity contribution < 1.29 is 4.74 Å². The molecule has 0 aliphatic rings. The van der Waals surface area contributed by atoms with E-state index in [1.165, 1.54) is 0 Å². The third kappa shape index (κ3) is 2.19. The first kappa shape index (κ1) is 11.8. The maximum Gasteiger partial charge on any atom is 0.0722 e. The summed E-state index contributed by atoms with van der Waals surface area (Å²) in [6.45, 7) is 2.81. The van der Waals surface area contributed by atoms with Crippen molar-refractivity contribution in [2.75, 3.05) is 7.11 Å². The molecule has 0 bridgehead atoms. The quantitative estimate of drug-likeness (QED) is 0.812. The normalized spacial score (nSPS) is 13.2. The number of fused-ring (bicyclic) bond motifs is 1. The lowest BCUT2D eigenvalue weighted by Crippen LogP contribution is -2.13. The van der Waals surface area contributed by atoms with Crippen molar-refractivity contribution in [1.82, 2.24) is 4.57 Å². The molecule has 1 aromatic carbocycles. The molecule has 0 N–H and O–H groups in total. The minimum absolute atomic E-state index is 0.161. The molecule has 0 fully saturated rings. The van der Waals surface area contributed by atoms with Crippen LogP contribution in [0.4, 0.5) is 0 Å². The second-order valence-corrected chi connectivity index (χ2v) is 4.68. The third-order valence-electron chi connectivity index (χ3n) is 2.66. The smallest absolute Gasteiger partial charge is 0.0722 e. The van der Waals surface area contributed by atoms with Crippen molar-refractivity contribution in [2.45, 2.75) is 19.6 Å². The molecule has 4 heteroatoms. The Bertz CT molecular complexity index is 507. The van der Waals surface area contributed by atoms with Gasteiger partial charge in [-0.25, -0.2) is 0 Å². The SMILES string of the molecule is COC(C)Cn1ccc2c(Cl)cc(Cl)cc21. The summed E-state index contributed by atoms with van der Waals surface area (Å²) < 4.78 is 7.34. The molecule has 2 rings (SSSR count). The Kier molecular flexibility index (Phi) is 3.43. The number of methoxy groups -OCH3 is 1. The fraction of sp³-hybridized carbons (Fsp3) is 0.333. The van der Waals surface area contributed by atoms with Gasteiger partial charge in [0.25, 0.3) is 0 Å². The standard InChI is InChI=1S/C12H13Cl2NO/c1-8(16-2)7-15-4-3-10-11(14)5-9(13)6-12(10)15/h3-6,8H,7H2,1-2H3. The minimum Gasteiger partial charge on any atom is -0.380 e. The largest absolute Gasteiger partial charge is 0.380 e. The summed E-state index contributed by atoms with van der Waals surface area (Å²) >= 11 is 12.1. The number of benzene rings is 1. The summed E-state index contributed by atoms with van der Waals surface area (Å²) in [7, 11) is 1.70. The van der Waals surface area contributed by atoms with Crippen molar-refractivity contribution >= 4 is 34.1 Å². The van der Waals surface area contributed by atoms with Gasteiger partial charge in [0.1, 0.15) is 0 Å². The molecule has 1 unspecified atom stereocenters. The van der Waals surface area contributed by atoms with Crippen LogP contribution in [0, 0.1) is 0 Å². The van der Waals surface area contributed by atoms with Gasteiger partial charge < -0.3 is 9.30 Å². The first-order valence-corrected chi connectivity index (χ1v) is 5.84. The predicted octanol–water partition coefficient (Wildman–Crippen LogP) is 3.98. The maximum absolute atomic E-state index is 6.12. The lowest BCUT2D eigenvalue weighted by atomic mass is 10.2. The number of ether oxygens (including phenoxy) is 1. The van der Waals surface area contributed by atoms with E-state index in [4.69, 9.17) is 27.9 Å². The van der Waals surface area contributed by atoms with E-state index in [0.717, 1.165) is 17.4 Å². The zero-order valence-electron chi connectivity index (χ0n) is 9.21. The van der Waals surface area contributed by atoms with Gasteiger partial charge in [-0.15, -0.1) is 0 Å². The molecule has 1 atom stereocenters. The summed E-state index contributed by atoms with van der Waals surface area (Å²) in [6.07, 6.45) is 2.16. The van der Waals surface area contributed by atoms with Crippen LogP contribution in [0.1, 0.15) is 6.92 Å². The van der Waals surface area contributed by atoms with Crippen LogP contribution in [0.5, 0.6) is 0 Å². The lowest BCUT2D eigenvalue weighted by molar-refractivity contribution is 0.104. The molecular formula is C12H13Cl2NO. The van der Waals surface area contributed by atoms with Crippen LogP contribution >= 0.6 is 23.2 Å². The second-order valence-electron chi connectivity index (χ2n) is 3.83. The molecule has 0 aliphatic carbocycles. The first-order chi connectivity index (χ1) is 7.61. The summed E-state index contributed by atoms with van der Waals surface area (Å²) in [5.41, 5.74) is 1.04. The van der Waals surface area contributed by atoms with Gasteiger partial charge in [0, 0.05) is 30.3 Å². The molecule has 86 valence electrons. The Morgan fingerprint density at radius 2 is 2.12 bits per heavy atom. The Morgan fingerprint density at radius 3 is 2.81 bits per heavy atom. The highest BCUT2D eigenvalue weighted by atomic mass is 35.5. The summed E-state index contributed by atoms with van der Waals surface area (Å²) in [6, 6.07) is 5.68. The highest BCUT2D eigenvalue weighted by Crippen LogP contribution is 2.28. The molecule has 0 saturated heterocycles. The number of aromatic nitrogens is 1. The van der Waals surface area contributed by atoms with Crippen LogP contribution in [0.3, 0.4) is 0 Å². The average Bonchev–Trinajstić information content (AvgIpc) is 2.61. The van der Waals surface area contributed by atoms with E-state index in [1.54, 1.807) is 13.2 Å². The molecule has 2 nitrogen and oxygen atoms in total. The van der Waals surface area contributed by atoms with Gasteiger partial charge in [-0.05, 0) is 25.1 Å². The second kappa shape index (κ2) is 4.66. The number of halogens is 2. The van der Waals surface area contributed by atoms with E-state index in [0.29, 0.717) is 10.0 Å². The molecule has 1 aromatic heterocycles. The molecule has 0 amide bonds. The summed E-state index contributed by atoms with van der Waals surface area (Å²) in [5, 5.41) is 2.36. The lowest BCUT2D eigenvalue weighted by Gasteiger charge is -2.11. The fourth-order valence-electron chi connectivity index (χ4n) is 1.73. The van der Waals surface area contributed by atoms with E-state index >= 15 is 0 Å². The Hall–Kier alpha value is -0.700. The van der Waals surface area contributed by atoms with Gasteiger partial charge in [0.15, 0.2) is 0 Å². The number of hydrogen-bond acceptors (Lipinski definition) is 1. The molecule has 0 spiro atoms. The monoisotopic (exact) mass is 257 g/mol. The van der Waals surface area contributed by atoms with Crippen molar-refractivity contribution in [3.05, 3.63) is 34.4 Å². The van der Waals surface area contributed by atoms with E-state index < -0.39 is 0 Å². The van der Waals surface area contributed by atoms with Gasteiger partial charge >= 0.3 is 0 Å². The molecule has 0 radical (unpaired) electrons. The molecule has 1 heterocycles. The Labute approximate surface area is 105 Å². The number of rotatable bonds is 3. The topological polar surface area (TPSA) is 14.2 Å². The number of nitrogens with zero attached hydrogens (tertiary/aromatic N) is 1. The van der Waals surface area contributed by atoms with Gasteiger partial charge in [-0.3, -0.25) is 0 Å². The molecule has 16 heavy (non-hydrogen) atoms. The zero-order valence-corrected chi connectivity index (χ0v) is 10.7. The van der Waals surface area contributed by atoms with Crippen LogP contribution in [0.15, 0.2) is 24.4 Å². The van der Waals surface area contributed by atoms with Gasteiger partial charge in [0.2, 0.25) is 0 Å². The fourth-order valence-corrected chi connectivity index (χ4v) is 2.28. The highest BCUT2D eigenvalue weighted by molar-refractivity contribution is 6.38. The summed E-state index contributed by atoms with van der Waals surface area (Å²) in [4.78, 5) is 0. The Balaban J connectivity index is 2.47. The zero-order chi connectivity index (χ0) is 11.7. The first-order valence-electron chi connectivity index (χ1n) is 5.08. The predicted molar refractivity (Wildman–Crippen MR) is 68.4 cm³/mol. The Morgan fingerprint density at radius 1 is 1.38 bits per heavy atom. The van der Waals surface area contributed by atoms with Crippen molar-refractivity contribution in [1.29, 1.82) is 0 Å². The van der Waals surface area contributed by atoms with Crippen molar-refractivity contribution in [3.63, 3.8) is 0 Å². The highest BCUT2D eigenvalue weighted by Gasteiger charge is 2.08. The van der Waals surface area contributed by atoms with Crippen molar-refractivity contribution in [2.24, 2.45) is 0 Å². The van der Waals surface area contributed by atoms with E-state index in [9.17, 15) is 0 Å². The molecule has 0 aliphatic heterocycles. The van der Waals surface area contributed by atoms with Gasteiger partial charge in [-0.2, -0.15) is 0 Å². The molecule has 0 saturated carbocycles. The van der Waals surface area contributed by atoms with E-state index in [-0.39, 0.29) is 6.10 Å². The van der Waals surface area contributed by atoms with Crippen LogP contribution in [-0.2, 0) is 11.3 Å². The van der Waals surface area contributed by atoms with Gasteiger partial charge in [0.05, 0.1) is 16.6 Å². The maximum atomic E-state index is 6.12. The minimum atomic E-state index is 0.161. The molecule has 2 aromatic rings. The average molecular weight is 258 g/mol. The van der Waals surface area contributed by atoms with E-state index in [1.807, 2.05) is 25.3 Å². The number of hydrogen-bond donors (Lipinski definition) is 0. The summed E-state index contributed by atoms with van der Waals surface area (Å²) in [5.74, 6) is 0. The van der Waals surface area contributed by atoms with Crippen LogP contribution < -0.4 is 0 Å². The van der Waals surface area contributed by atoms with Crippen molar-refractivity contribution in [3.8, 4) is 0 Å². The molecular weight excluding hydrogens is 245 g/mol. The van der Waals surface area contributed by atoms with Crippen LogP contribution in [0.25, 0.3) is 10.9 Å². The third-order valence-corrected chi connectivity index (χ3v) is 3.19. The van der Waals surface area contributed by atoms with Crippen LogP contribution in [0.2, 0.25) is 10.0 Å².